The first kappa shape index (κ1) is 9.10. The number of nitrogens with two attached hydrogens (primary N) is 1. The molecule has 0 heterocycles. The standard InChI is InChI=1S/C6H11N2O2/c1-8-5(4-9)2-3-6(7)10/h5,8H,2-3H2,1H3,(H2,7,10)/t5-/m1/s1. The van der Waals surface area contributed by atoms with Gasteiger partial charge in [-0.3, -0.25) is 9.59 Å². The highest BCUT2D eigenvalue weighted by Gasteiger charge is 2.05. The van der Waals surface area contributed by atoms with Crippen molar-refractivity contribution in [3.63, 3.8) is 0 Å². The number of likely N-dealkylation sites (N-methyl/N-ethyl adjacent to an activating group) is 1. The van der Waals surface area contributed by atoms with E-state index in [1.807, 2.05) is 0 Å². The number of carbonyl (C=O) groups excluding carboxylic acids is 2. The van der Waals surface area contributed by atoms with Gasteiger partial charge >= 0.3 is 0 Å². The van der Waals surface area contributed by atoms with Gasteiger partial charge in [0.2, 0.25) is 12.2 Å². The molecule has 0 aromatic heterocycles. The summed E-state index contributed by atoms with van der Waals surface area (Å²) in [4.78, 5) is 20.2. The lowest BCUT2D eigenvalue weighted by Crippen LogP contribution is -2.28. The Balaban J connectivity index is 3.44. The third-order valence-electron chi connectivity index (χ3n) is 1.17. The van der Waals surface area contributed by atoms with Crippen molar-refractivity contribution in [3.05, 3.63) is 0 Å². The van der Waals surface area contributed by atoms with Gasteiger partial charge < -0.3 is 11.1 Å². The van der Waals surface area contributed by atoms with Crippen LogP contribution in [-0.4, -0.2) is 25.3 Å². The highest BCUT2D eigenvalue weighted by Crippen LogP contribution is 1.91. The smallest absolute Gasteiger partial charge is 0.217 e. The fourth-order valence-electron chi connectivity index (χ4n) is 0.549. The molecule has 1 atom stereocenters. The lowest BCUT2D eigenvalue weighted by Gasteiger charge is -2.04. The molecule has 0 saturated carbocycles. The van der Waals surface area contributed by atoms with Gasteiger partial charge in [-0.2, -0.15) is 0 Å². The van der Waals surface area contributed by atoms with Gasteiger partial charge in [0.15, 0.2) is 0 Å². The van der Waals surface area contributed by atoms with Gasteiger partial charge in [0.25, 0.3) is 0 Å². The maximum atomic E-state index is 10.2. The Labute approximate surface area is 59.8 Å². The third kappa shape index (κ3) is 4.03. The van der Waals surface area contributed by atoms with Crippen molar-refractivity contribution in [1.29, 1.82) is 0 Å². The van der Waals surface area contributed by atoms with E-state index in [2.05, 4.69) is 5.32 Å². The molecule has 4 nitrogen and oxygen atoms in total. The maximum absolute atomic E-state index is 10.2. The van der Waals surface area contributed by atoms with E-state index in [9.17, 15) is 9.59 Å². The normalized spacial score (nSPS) is 12.5. The van der Waals surface area contributed by atoms with Crippen LogP contribution in [0.1, 0.15) is 12.8 Å². The van der Waals surface area contributed by atoms with Crippen LogP contribution in [0.4, 0.5) is 0 Å². The Morgan fingerprint density at radius 1 is 1.80 bits per heavy atom. The molecule has 0 fully saturated rings. The van der Waals surface area contributed by atoms with Crippen LogP contribution in [0.15, 0.2) is 0 Å². The average Bonchev–Trinajstić information content (AvgIpc) is 1.90. The molecule has 0 aromatic carbocycles. The van der Waals surface area contributed by atoms with E-state index >= 15 is 0 Å². The number of primary amides is 1. The molecule has 0 spiro atoms. The largest absolute Gasteiger partial charge is 0.370 e. The Kier molecular flexibility index (Phi) is 4.49. The molecule has 0 bridgehead atoms. The predicted molar refractivity (Wildman–Crippen MR) is 37.0 cm³/mol. The lowest BCUT2D eigenvalue weighted by atomic mass is 10.2. The molecule has 0 rings (SSSR count). The fourth-order valence-corrected chi connectivity index (χ4v) is 0.549. The fraction of sp³-hybridized carbons (Fsp3) is 0.667. The predicted octanol–water partition coefficient (Wildman–Crippen LogP) is -1.05. The second-order valence-corrected chi connectivity index (χ2v) is 1.96. The first-order valence-electron chi connectivity index (χ1n) is 3.04. The van der Waals surface area contributed by atoms with Crippen LogP contribution in [0.25, 0.3) is 0 Å². The number of hydrogen-bond acceptors (Lipinski definition) is 3. The number of hydrogen-bond donors (Lipinski definition) is 2. The van der Waals surface area contributed by atoms with Crippen LogP contribution < -0.4 is 11.1 Å². The quantitative estimate of drug-likeness (QED) is 0.515. The van der Waals surface area contributed by atoms with E-state index in [1.165, 1.54) is 0 Å². The van der Waals surface area contributed by atoms with Crippen molar-refractivity contribution in [2.24, 2.45) is 5.73 Å². The molecular formula is C6H11N2O2. The van der Waals surface area contributed by atoms with Crippen molar-refractivity contribution in [2.75, 3.05) is 7.05 Å². The number of rotatable bonds is 5. The van der Waals surface area contributed by atoms with Crippen LogP contribution >= 0.6 is 0 Å². The second kappa shape index (κ2) is 4.93. The van der Waals surface area contributed by atoms with E-state index in [0.29, 0.717) is 6.42 Å². The summed E-state index contributed by atoms with van der Waals surface area (Å²) in [6.07, 6.45) is 2.39. The molecule has 3 N–H and O–H groups in total. The summed E-state index contributed by atoms with van der Waals surface area (Å²) in [5, 5.41) is 2.68. The zero-order valence-electron chi connectivity index (χ0n) is 5.89. The molecule has 1 radical (unpaired) electrons. The van der Waals surface area contributed by atoms with Crippen LogP contribution in [0.2, 0.25) is 0 Å². The van der Waals surface area contributed by atoms with Crippen molar-refractivity contribution in [3.8, 4) is 0 Å². The van der Waals surface area contributed by atoms with Crippen LogP contribution in [0.3, 0.4) is 0 Å². The maximum Gasteiger partial charge on any atom is 0.217 e. The molecule has 0 aliphatic heterocycles. The Hall–Kier alpha value is -0.900. The SMILES string of the molecule is CN[C@@H]([C]=O)CCC(N)=O. The molecule has 0 aliphatic carbocycles. The van der Waals surface area contributed by atoms with E-state index in [-0.39, 0.29) is 12.5 Å². The molecule has 0 unspecified atom stereocenters. The van der Waals surface area contributed by atoms with Crippen LogP contribution in [0.5, 0.6) is 0 Å². The number of nitrogens with one attached hydrogen (secondary N) is 1. The molecule has 1 amide bonds. The third-order valence-corrected chi connectivity index (χ3v) is 1.17. The highest BCUT2D eigenvalue weighted by atomic mass is 16.1. The van der Waals surface area contributed by atoms with Gasteiger partial charge in [0.05, 0.1) is 6.04 Å². The van der Waals surface area contributed by atoms with Gasteiger partial charge in [-0.1, -0.05) is 0 Å². The average molecular weight is 143 g/mol. The van der Waals surface area contributed by atoms with E-state index < -0.39 is 5.91 Å². The van der Waals surface area contributed by atoms with Crippen molar-refractivity contribution >= 4 is 12.2 Å². The summed E-state index contributed by atoms with van der Waals surface area (Å²) >= 11 is 0. The first-order chi connectivity index (χ1) is 4.70. The molecule has 0 saturated heterocycles. The van der Waals surface area contributed by atoms with Crippen molar-refractivity contribution in [2.45, 2.75) is 18.9 Å². The second-order valence-electron chi connectivity index (χ2n) is 1.96. The van der Waals surface area contributed by atoms with Gasteiger partial charge in [0.1, 0.15) is 0 Å². The minimum absolute atomic E-state index is 0.223. The molecular weight excluding hydrogens is 132 g/mol. The van der Waals surface area contributed by atoms with Crippen LogP contribution in [-0.2, 0) is 9.59 Å². The summed E-state index contributed by atoms with van der Waals surface area (Å²) in [5.41, 5.74) is 4.85. The molecule has 10 heavy (non-hydrogen) atoms. The summed E-state index contributed by atoms with van der Waals surface area (Å²) in [6.45, 7) is 0. The van der Waals surface area contributed by atoms with Gasteiger partial charge in [-0.15, -0.1) is 0 Å². The minimum Gasteiger partial charge on any atom is -0.370 e. The van der Waals surface area contributed by atoms with Crippen LogP contribution in [0, 0.1) is 0 Å². The molecule has 0 aromatic rings. The van der Waals surface area contributed by atoms with E-state index in [4.69, 9.17) is 5.73 Å². The minimum atomic E-state index is -0.393. The molecule has 0 aliphatic rings. The monoisotopic (exact) mass is 143 g/mol. The van der Waals surface area contributed by atoms with Crippen molar-refractivity contribution < 1.29 is 9.59 Å². The van der Waals surface area contributed by atoms with E-state index in [0.717, 1.165) is 0 Å². The van der Waals surface area contributed by atoms with E-state index in [1.54, 1.807) is 13.3 Å². The number of carbonyl (C=O) groups is 1. The van der Waals surface area contributed by atoms with Gasteiger partial charge in [-0.05, 0) is 13.5 Å². The first-order valence-corrected chi connectivity index (χ1v) is 3.04. The molecule has 57 valence electrons. The number of amides is 1. The summed E-state index contributed by atoms with van der Waals surface area (Å²) < 4.78 is 0. The summed E-state index contributed by atoms with van der Waals surface area (Å²) in [6, 6.07) is -0.368. The summed E-state index contributed by atoms with van der Waals surface area (Å²) in [5.74, 6) is -0.393. The Morgan fingerprint density at radius 3 is 2.70 bits per heavy atom. The zero-order valence-corrected chi connectivity index (χ0v) is 5.89. The Morgan fingerprint density at radius 2 is 2.40 bits per heavy atom. The topological polar surface area (TPSA) is 72.2 Å². The Bertz CT molecular complexity index is 125. The summed E-state index contributed by atoms with van der Waals surface area (Å²) in [7, 11) is 1.64. The van der Waals surface area contributed by atoms with Gasteiger partial charge in [0, 0.05) is 6.42 Å². The zero-order chi connectivity index (χ0) is 7.98. The lowest BCUT2D eigenvalue weighted by molar-refractivity contribution is -0.118. The van der Waals surface area contributed by atoms with Crippen molar-refractivity contribution in [1.82, 2.24) is 5.32 Å². The molecule has 4 heteroatoms. The highest BCUT2D eigenvalue weighted by molar-refractivity contribution is 5.74. The van der Waals surface area contributed by atoms with Gasteiger partial charge in [-0.25, -0.2) is 0 Å².